The third kappa shape index (κ3) is 8.91. The molecule has 21 heavy (non-hydrogen) atoms. The monoisotopic (exact) mass is 350 g/mol. The topological polar surface area (TPSA) is 219 Å². The lowest BCUT2D eigenvalue weighted by Gasteiger charge is -2.29. The fraction of sp³-hybridized carbons (Fsp3) is 0.714. The molecule has 0 heterocycles. The first-order valence-electron chi connectivity index (χ1n) is 5.27. The minimum Gasteiger partial charge on any atom is -0.480 e. The summed E-state index contributed by atoms with van der Waals surface area (Å²) in [6.45, 7) is 0. The summed E-state index contributed by atoms with van der Waals surface area (Å²) in [6, 6.07) is -3.56. The van der Waals surface area contributed by atoms with Gasteiger partial charge in [0.05, 0.1) is 0 Å². The van der Waals surface area contributed by atoms with Crippen molar-refractivity contribution in [3.05, 3.63) is 0 Å². The summed E-state index contributed by atoms with van der Waals surface area (Å²) in [5.74, 6) is -3.28. The highest BCUT2D eigenvalue weighted by Gasteiger charge is 2.36. The molecule has 0 aromatic heterocycles. The van der Waals surface area contributed by atoms with E-state index in [1.54, 1.807) is 0 Å². The minimum atomic E-state index is -4.84. The molecule has 2 atom stereocenters. The van der Waals surface area contributed by atoms with E-state index in [4.69, 9.17) is 35.5 Å². The van der Waals surface area contributed by atoms with E-state index in [0.717, 1.165) is 0 Å². The Morgan fingerprint density at radius 1 is 0.952 bits per heavy atom. The molecular weight excluding hydrogens is 334 g/mol. The molecule has 0 aliphatic heterocycles. The summed E-state index contributed by atoms with van der Waals surface area (Å²) in [5, 5.41) is 17.6. The fourth-order valence-electron chi connectivity index (χ4n) is 1.46. The third-order valence-electron chi connectivity index (χ3n) is 2.25. The van der Waals surface area contributed by atoms with Crippen molar-refractivity contribution in [2.75, 3.05) is 12.6 Å². The van der Waals surface area contributed by atoms with Crippen LogP contribution in [0.1, 0.15) is 6.42 Å². The molecule has 0 rings (SSSR count). The Morgan fingerprint density at radius 2 is 1.33 bits per heavy atom. The Hall–Kier alpha value is -0.840. The molecule has 0 amide bonds. The molecule has 0 radical (unpaired) electrons. The van der Waals surface area contributed by atoms with E-state index >= 15 is 0 Å². The lowest BCUT2D eigenvalue weighted by atomic mass is 10.1. The van der Waals surface area contributed by atoms with Crippen LogP contribution in [0.5, 0.6) is 0 Å². The van der Waals surface area contributed by atoms with Crippen LogP contribution in [-0.4, -0.2) is 71.3 Å². The van der Waals surface area contributed by atoms with Crippen LogP contribution in [0.3, 0.4) is 0 Å². The summed E-state index contributed by atoms with van der Waals surface area (Å²) in [4.78, 5) is 57.3. The number of nitrogens with zero attached hydrogens (tertiary/aromatic N) is 1. The van der Waals surface area contributed by atoms with E-state index in [9.17, 15) is 18.7 Å². The smallest absolute Gasteiger partial charge is 0.339 e. The zero-order valence-corrected chi connectivity index (χ0v) is 12.3. The van der Waals surface area contributed by atoms with Gasteiger partial charge in [-0.05, 0) is 6.42 Å². The molecule has 0 saturated carbocycles. The predicted molar refractivity (Wildman–Crippen MR) is 67.3 cm³/mol. The molecule has 0 saturated heterocycles. The summed E-state index contributed by atoms with van der Waals surface area (Å²) in [5.41, 5.74) is 5.14. The standard InChI is InChI=1S/C7H16N2O10P2/c8-4(6(10)11)1-5(7(12)13)9(2-20(14,15)16)3-21(17,18)19/h4-5H,1-3,8H2,(H,10,11)(H,12,13)(H2,14,15,16)(H2,17,18,19)/t4?,5-/m0/s1. The van der Waals surface area contributed by atoms with Gasteiger partial charge in [-0.25, -0.2) is 0 Å². The van der Waals surface area contributed by atoms with Gasteiger partial charge in [0.25, 0.3) is 0 Å². The van der Waals surface area contributed by atoms with Crippen molar-refractivity contribution in [2.45, 2.75) is 18.5 Å². The largest absolute Gasteiger partial charge is 0.480 e. The maximum absolute atomic E-state index is 11.1. The molecule has 0 aromatic rings. The number of hydrogen-bond acceptors (Lipinski definition) is 6. The van der Waals surface area contributed by atoms with Gasteiger partial charge >= 0.3 is 27.1 Å². The molecule has 0 aliphatic rings. The average molecular weight is 350 g/mol. The van der Waals surface area contributed by atoms with Crippen molar-refractivity contribution in [2.24, 2.45) is 5.73 Å². The van der Waals surface area contributed by atoms with Crippen LogP contribution in [0.2, 0.25) is 0 Å². The normalized spacial score (nSPS) is 15.7. The van der Waals surface area contributed by atoms with Crippen LogP contribution in [0.25, 0.3) is 0 Å². The van der Waals surface area contributed by atoms with E-state index in [1.165, 1.54) is 0 Å². The molecule has 0 bridgehead atoms. The van der Waals surface area contributed by atoms with Gasteiger partial charge in [-0.1, -0.05) is 0 Å². The Kier molecular flexibility index (Phi) is 7.13. The zero-order valence-electron chi connectivity index (χ0n) is 10.5. The van der Waals surface area contributed by atoms with Gasteiger partial charge in [-0.3, -0.25) is 23.6 Å². The van der Waals surface area contributed by atoms with Crippen molar-refractivity contribution in [1.29, 1.82) is 0 Å². The number of hydrogen-bond donors (Lipinski definition) is 7. The van der Waals surface area contributed by atoms with Crippen LogP contribution >= 0.6 is 15.2 Å². The summed E-state index contributed by atoms with van der Waals surface area (Å²) < 4.78 is 21.9. The van der Waals surface area contributed by atoms with E-state index < -0.39 is 58.2 Å². The van der Waals surface area contributed by atoms with Crippen LogP contribution in [-0.2, 0) is 18.7 Å². The van der Waals surface area contributed by atoms with Gasteiger partial charge in [0.15, 0.2) is 0 Å². The van der Waals surface area contributed by atoms with Crippen LogP contribution in [0, 0.1) is 0 Å². The van der Waals surface area contributed by atoms with Crippen molar-refractivity contribution in [1.82, 2.24) is 4.90 Å². The van der Waals surface area contributed by atoms with Crippen molar-refractivity contribution in [3.63, 3.8) is 0 Å². The zero-order chi connectivity index (χ0) is 17.0. The van der Waals surface area contributed by atoms with Gasteiger partial charge in [0.2, 0.25) is 0 Å². The van der Waals surface area contributed by atoms with E-state index in [0.29, 0.717) is 4.90 Å². The molecule has 14 heteroatoms. The lowest BCUT2D eigenvalue weighted by Crippen LogP contribution is -2.47. The summed E-state index contributed by atoms with van der Waals surface area (Å²) >= 11 is 0. The number of aliphatic carboxylic acids is 2. The van der Waals surface area contributed by atoms with Gasteiger partial charge in [-0.15, -0.1) is 0 Å². The molecule has 0 aliphatic carbocycles. The molecule has 1 unspecified atom stereocenters. The number of carboxylic acids is 2. The van der Waals surface area contributed by atoms with Crippen molar-refractivity contribution >= 4 is 27.1 Å². The average Bonchev–Trinajstić information content (AvgIpc) is 2.19. The fourth-order valence-corrected chi connectivity index (χ4v) is 3.16. The van der Waals surface area contributed by atoms with Crippen molar-refractivity contribution in [3.8, 4) is 0 Å². The lowest BCUT2D eigenvalue weighted by molar-refractivity contribution is -0.144. The molecule has 12 nitrogen and oxygen atoms in total. The quantitative estimate of drug-likeness (QED) is 0.220. The molecule has 124 valence electrons. The van der Waals surface area contributed by atoms with Gasteiger partial charge in [-0.2, -0.15) is 0 Å². The number of nitrogens with two attached hydrogens (primary N) is 1. The van der Waals surface area contributed by atoms with Crippen LogP contribution in [0.4, 0.5) is 0 Å². The molecule has 0 fully saturated rings. The Morgan fingerprint density at radius 3 is 1.57 bits per heavy atom. The summed E-state index contributed by atoms with van der Waals surface area (Å²) in [7, 11) is -9.68. The van der Waals surface area contributed by atoms with E-state index in [2.05, 4.69) is 0 Å². The molecular formula is C7H16N2O10P2. The van der Waals surface area contributed by atoms with Gasteiger partial charge in [0.1, 0.15) is 24.7 Å². The number of rotatable bonds is 9. The summed E-state index contributed by atoms with van der Waals surface area (Å²) in [6.07, 6.45) is -3.31. The minimum absolute atomic E-state index is 0.312. The van der Waals surface area contributed by atoms with Crippen LogP contribution < -0.4 is 5.73 Å². The second-order valence-corrected chi connectivity index (χ2v) is 7.46. The second kappa shape index (κ2) is 7.43. The number of carbonyl (C=O) groups is 2. The second-order valence-electron chi connectivity index (χ2n) is 4.24. The van der Waals surface area contributed by atoms with Crippen LogP contribution in [0.15, 0.2) is 0 Å². The third-order valence-corrected chi connectivity index (χ3v) is 3.72. The highest BCUT2D eigenvalue weighted by molar-refractivity contribution is 7.52. The van der Waals surface area contributed by atoms with Gasteiger partial charge < -0.3 is 35.5 Å². The molecule has 8 N–H and O–H groups in total. The first-order chi connectivity index (χ1) is 9.23. The predicted octanol–water partition coefficient (Wildman–Crippen LogP) is -2.19. The highest BCUT2D eigenvalue weighted by Crippen LogP contribution is 2.42. The van der Waals surface area contributed by atoms with E-state index in [-0.39, 0.29) is 0 Å². The van der Waals surface area contributed by atoms with E-state index in [1.807, 2.05) is 0 Å². The molecule has 0 spiro atoms. The Labute approximate surface area is 118 Å². The molecule has 0 aromatic carbocycles. The maximum atomic E-state index is 11.1. The number of carboxylic acid groups (broad SMARTS) is 2. The Balaban J connectivity index is 5.37. The first-order valence-corrected chi connectivity index (χ1v) is 8.87. The Bertz CT molecular complexity index is 460. The van der Waals surface area contributed by atoms with Gasteiger partial charge in [0, 0.05) is 0 Å². The SMILES string of the molecule is NC(C[C@@H](C(=O)O)N(CP(=O)(O)O)CP(=O)(O)O)C(=O)O. The first kappa shape index (κ1) is 20.2. The highest BCUT2D eigenvalue weighted by atomic mass is 31.2. The maximum Gasteiger partial charge on any atom is 0.339 e. The van der Waals surface area contributed by atoms with Crippen molar-refractivity contribution < 1.29 is 48.5 Å².